The van der Waals surface area contributed by atoms with E-state index in [1.165, 1.54) is 22.5 Å². The Hall–Kier alpha value is -1.44. The Balaban J connectivity index is 1.87. The first kappa shape index (κ1) is 13.5. The molecule has 7 heteroatoms. The molecule has 0 unspecified atom stereocenters. The Morgan fingerprint density at radius 2 is 2.15 bits per heavy atom. The van der Waals surface area contributed by atoms with Crippen LogP contribution in [0.15, 0.2) is 40.6 Å². The van der Waals surface area contributed by atoms with Gasteiger partial charge in [-0.05, 0) is 29.6 Å². The second-order valence-corrected chi connectivity index (χ2v) is 8.43. The maximum Gasteiger partial charge on any atom is 0.184 e. The molecule has 2 heterocycles. The van der Waals surface area contributed by atoms with E-state index in [0.717, 1.165) is 21.9 Å². The van der Waals surface area contributed by atoms with Crippen molar-refractivity contribution in [1.29, 1.82) is 0 Å². The van der Waals surface area contributed by atoms with Gasteiger partial charge in [0.1, 0.15) is 0 Å². The summed E-state index contributed by atoms with van der Waals surface area (Å²) in [7, 11) is -3.17. The number of anilines is 1. The van der Waals surface area contributed by atoms with Gasteiger partial charge in [-0.3, -0.25) is 0 Å². The number of benzene rings is 1. The Morgan fingerprint density at radius 1 is 1.30 bits per heavy atom. The van der Waals surface area contributed by atoms with E-state index < -0.39 is 9.84 Å². The van der Waals surface area contributed by atoms with Gasteiger partial charge in [-0.1, -0.05) is 17.4 Å². The van der Waals surface area contributed by atoms with Gasteiger partial charge in [0.25, 0.3) is 0 Å². The normalized spacial score (nSPS) is 11.8. The summed E-state index contributed by atoms with van der Waals surface area (Å²) in [6.07, 6.45) is 1.21. The van der Waals surface area contributed by atoms with Gasteiger partial charge in [-0.25, -0.2) is 13.4 Å². The van der Waals surface area contributed by atoms with Crippen LogP contribution in [0.5, 0.6) is 0 Å². The predicted octanol–water partition coefficient (Wildman–Crippen LogP) is 3.37. The summed E-state index contributed by atoms with van der Waals surface area (Å²) in [5, 5.41) is 6.10. The molecule has 0 fully saturated rings. The molecule has 0 spiro atoms. The average molecular weight is 324 g/mol. The maximum atomic E-state index is 11.5. The summed E-state index contributed by atoms with van der Waals surface area (Å²) in [5.41, 5.74) is 0.816. The van der Waals surface area contributed by atoms with Gasteiger partial charge >= 0.3 is 0 Å². The molecule has 3 rings (SSSR count). The number of fused-ring (bicyclic) bond motifs is 1. The van der Waals surface area contributed by atoms with E-state index >= 15 is 0 Å². The van der Waals surface area contributed by atoms with E-state index in [0.29, 0.717) is 4.90 Å². The molecule has 1 aromatic carbocycles. The molecular formula is C13H12N2O2S3. The molecule has 1 N–H and O–H groups in total. The van der Waals surface area contributed by atoms with E-state index in [1.807, 2.05) is 11.4 Å². The van der Waals surface area contributed by atoms with Crippen LogP contribution in [-0.2, 0) is 16.4 Å². The lowest BCUT2D eigenvalue weighted by atomic mass is 10.3. The molecule has 0 aliphatic carbocycles. The summed E-state index contributed by atoms with van der Waals surface area (Å²) in [6, 6.07) is 9.10. The van der Waals surface area contributed by atoms with Crippen LogP contribution in [0, 0.1) is 0 Å². The Kier molecular flexibility index (Phi) is 3.49. The van der Waals surface area contributed by atoms with Crippen LogP contribution < -0.4 is 5.32 Å². The van der Waals surface area contributed by atoms with E-state index in [1.54, 1.807) is 29.5 Å². The maximum absolute atomic E-state index is 11.5. The quantitative estimate of drug-likeness (QED) is 0.799. The number of hydrogen-bond acceptors (Lipinski definition) is 6. The SMILES string of the molecule is CS(=O)(=O)c1ccc2nc(NCc3cccs3)sc2c1. The van der Waals surface area contributed by atoms with Crippen LogP contribution in [0.4, 0.5) is 5.13 Å². The van der Waals surface area contributed by atoms with E-state index in [4.69, 9.17) is 0 Å². The molecular weight excluding hydrogens is 312 g/mol. The molecule has 0 saturated heterocycles. The molecule has 0 bridgehead atoms. The number of aromatic nitrogens is 1. The zero-order chi connectivity index (χ0) is 14.2. The van der Waals surface area contributed by atoms with Crippen molar-refractivity contribution in [2.75, 3.05) is 11.6 Å². The monoisotopic (exact) mass is 324 g/mol. The van der Waals surface area contributed by atoms with Crippen molar-refractivity contribution in [2.45, 2.75) is 11.4 Å². The number of rotatable bonds is 4. The third kappa shape index (κ3) is 2.84. The van der Waals surface area contributed by atoms with Crippen molar-refractivity contribution >= 4 is 47.9 Å². The summed E-state index contributed by atoms with van der Waals surface area (Å²) in [4.78, 5) is 6.02. The summed E-state index contributed by atoms with van der Waals surface area (Å²) in [6.45, 7) is 0.733. The molecule has 0 amide bonds. The fourth-order valence-corrected chi connectivity index (χ4v) is 4.05. The van der Waals surface area contributed by atoms with Gasteiger partial charge in [0.15, 0.2) is 15.0 Å². The molecule has 0 radical (unpaired) electrons. The molecule has 3 aromatic rings. The van der Waals surface area contributed by atoms with Crippen molar-refractivity contribution in [1.82, 2.24) is 4.98 Å². The van der Waals surface area contributed by atoms with Gasteiger partial charge < -0.3 is 5.32 Å². The smallest absolute Gasteiger partial charge is 0.184 e. The number of nitrogens with zero attached hydrogens (tertiary/aromatic N) is 1. The molecule has 0 aliphatic rings. The van der Waals surface area contributed by atoms with Crippen LogP contribution in [-0.4, -0.2) is 19.7 Å². The van der Waals surface area contributed by atoms with Crippen LogP contribution in [0.1, 0.15) is 4.88 Å². The van der Waals surface area contributed by atoms with Crippen molar-refractivity contribution in [3.05, 3.63) is 40.6 Å². The molecule has 0 saturated carbocycles. The second kappa shape index (κ2) is 5.16. The molecule has 0 atom stereocenters. The van der Waals surface area contributed by atoms with E-state index in [9.17, 15) is 8.42 Å². The highest BCUT2D eigenvalue weighted by Crippen LogP contribution is 2.28. The number of thiazole rings is 1. The molecule has 20 heavy (non-hydrogen) atoms. The Morgan fingerprint density at radius 3 is 2.85 bits per heavy atom. The number of hydrogen-bond donors (Lipinski definition) is 1. The zero-order valence-electron chi connectivity index (χ0n) is 10.7. The van der Waals surface area contributed by atoms with Crippen LogP contribution in [0.2, 0.25) is 0 Å². The van der Waals surface area contributed by atoms with Crippen molar-refractivity contribution in [2.24, 2.45) is 0 Å². The van der Waals surface area contributed by atoms with Crippen LogP contribution in [0.25, 0.3) is 10.2 Å². The third-order valence-corrected chi connectivity index (χ3v) is 5.74. The zero-order valence-corrected chi connectivity index (χ0v) is 13.1. The fourth-order valence-electron chi connectivity index (χ4n) is 1.79. The van der Waals surface area contributed by atoms with Gasteiger partial charge in [-0.15, -0.1) is 11.3 Å². The fraction of sp³-hybridized carbons (Fsp3) is 0.154. The lowest BCUT2D eigenvalue weighted by Gasteiger charge is -1.97. The van der Waals surface area contributed by atoms with Crippen LogP contribution >= 0.6 is 22.7 Å². The van der Waals surface area contributed by atoms with Gasteiger partial charge in [0.05, 0.1) is 21.7 Å². The first-order chi connectivity index (χ1) is 9.52. The molecule has 4 nitrogen and oxygen atoms in total. The van der Waals surface area contributed by atoms with Crippen molar-refractivity contribution in [3.8, 4) is 0 Å². The number of thiophene rings is 1. The number of nitrogens with one attached hydrogen (secondary N) is 1. The summed E-state index contributed by atoms with van der Waals surface area (Å²) < 4.78 is 23.9. The molecule has 104 valence electrons. The van der Waals surface area contributed by atoms with E-state index in [-0.39, 0.29) is 0 Å². The highest BCUT2D eigenvalue weighted by atomic mass is 32.2. The van der Waals surface area contributed by atoms with Gasteiger partial charge in [0, 0.05) is 11.1 Å². The Bertz CT molecular complexity index is 836. The summed E-state index contributed by atoms with van der Waals surface area (Å²) in [5.74, 6) is 0. The van der Waals surface area contributed by atoms with Gasteiger partial charge in [0.2, 0.25) is 0 Å². The third-order valence-electron chi connectivity index (χ3n) is 2.78. The highest BCUT2D eigenvalue weighted by Gasteiger charge is 2.10. The lowest BCUT2D eigenvalue weighted by Crippen LogP contribution is -1.96. The second-order valence-electron chi connectivity index (χ2n) is 4.35. The highest BCUT2D eigenvalue weighted by molar-refractivity contribution is 7.90. The topological polar surface area (TPSA) is 59.1 Å². The minimum Gasteiger partial charge on any atom is -0.357 e. The lowest BCUT2D eigenvalue weighted by molar-refractivity contribution is 0.602. The largest absolute Gasteiger partial charge is 0.357 e. The molecule has 2 aromatic heterocycles. The predicted molar refractivity (Wildman–Crippen MR) is 84.4 cm³/mol. The van der Waals surface area contributed by atoms with E-state index in [2.05, 4.69) is 16.4 Å². The first-order valence-corrected chi connectivity index (χ1v) is 9.48. The number of sulfone groups is 1. The van der Waals surface area contributed by atoms with Gasteiger partial charge in [-0.2, -0.15) is 0 Å². The minimum absolute atomic E-state index is 0.332. The summed E-state index contributed by atoms with van der Waals surface area (Å²) >= 11 is 3.16. The minimum atomic E-state index is -3.17. The standard InChI is InChI=1S/C13H12N2O2S3/c1-20(16,17)10-4-5-11-12(7-10)19-13(15-11)14-8-9-3-2-6-18-9/h2-7H,8H2,1H3,(H,14,15). The van der Waals surface area contributed by atoms with Crippen molar-refractivity contribution < 1.29 is 8.42 Å². The first-order valence-electron chi connectivity index (χ1n) is 5.89. The molecule has 0 aliphatic heterocycles. The van der Waals surface area contributed by atoms with Crippen molar-refractivity contribution in [3.63, 3.8) is 0 Å². The average Bonchev–Trinajstić information content (AvgIpc) is 3.03. The van der Waals surface area contributed by atoms with Crippen LogP contribution in [0.3, 0.4) is 0 Å². The Labute approximate surface area is 125 Å².